The number of benzene rings is 7. The predicted octanol–water partition coefficient (Wildman–Crippen LogP) is 14.2. The van der Waals surface area contributed by atoms with Crippen LogP contribution in [-0.4, -0.2) is 4.57 Å². The molecule has 0 N–H and O–H groups in total. The Hall–Kier alpha value is -6.12. The van der Waals surface area contributed by atoms with Gasteiger partial charge in [0.15, 0.2) is 0 Å². The van der Waals surface area contributed by atoms with Crippen LogP contribution in [0.4, 0.5) is 17.1 Å². The van der Waals surface area contributed by atoms with Gasteiger partial charge in [0.1, 0.15) is 0 Å². The molecular formula is C51H42N2. The Balaban J connectivity index is 1.06. The van der Waals surface area contributed by atoms with E-state index in [0.717, 1.165) is 5.69 Å². The molecule has 1 heterocycles. The van der Waals surface area contributed by atoms with Crippen LogP contribution >= 0.6 is 0 Å². The van der Waals surface area contributed by atoms with Crippen molar-refractivity contribution in [2.75, 3.05) is 4.90 Å². The van der Waals surface area contributed by atoms with Crippen molar-refractivity contribution in [3.8, 4) is 27.9 Å². The van der Waals surface area contributed by atoms with Gasteiger partial charge in [-0.25, -0.2) is 0 Å². The van der Waals surface area contributed by atoms with Gasteiger partial charge in [0, 0.05) is 38.9 Å². The van der Waals surface area contributed by atoms with Crippen LogP contribution in [-0.2, 0) is 5.41 Å². The number of hydrogen-bond donors (Lipinski definition) is 0. The van der Waals surface area contributed by atoms with Crippen molar-refractivity contribution in [2.45, 2.75) is 44.9 Å². The standard InChI is InChI=1S/C51H42N2/c1-51(2)47-19-11-9-17-43(47)44-31-30-42(34-48(44)51)52(40-26-21-36(22-27-40)35-13-5-3-6-14-35)41-28-23-37(24-29-41)38-25-32-50-46(33-38)45-18-10-12-20-49(45)53(50)39-15-7-4-8-16-39/h4,7-13,15-34H,3,5-6,14H2,1-2H3. The Morgan fingerprint density at radius 2 is 1.13 bits per heavy atom. The summed E-state index contributed by atoms with van der Waals surface area (Å²) >= 11 is 0. The minimum atomic E-state index is -0.0724. The largest absolute Gasteiger partial charge is 0.310 e. The minimum Gasteiger partial charge on any atom is -0.310 e. The molecular weight excluding hydrogens is 641 g/mol. The van der Waals surface area contributed by atoms with Crippen molar-refractivity contribution in [1.82, 2.24) is 4.57 Å². The Labute approximate surface area is 312 Å². The molecule has 0 spiro atoms. The third-order valence-corrected chi connectivity index (χ3v) is 11.8. The van der Waals surface area contributed by atoms with Crippen LogP contribution in [0.5, 0.6) is 0 Å². The third kappa shape index (κ3) is 5.24. The summed E-state index contributed by atoms with van der Waals surface area (Å²) in [5.74, 6) is 0. The first-order valence-corrected chi connectivity index (χ1v) is 19.1. The maximum absolute atomic E-state index is 2.44. The molecule has 0 unspecified atom stereocenters. The fraction of sp³-hybridized carbons (Fsp3) is 0.137. The first kappa shape index (κ1) is 31.6. The van der Waals surface area contributed by atoms with Gasteiger partial charge in [-0.05, 0) is 137 Å². The molecule has 0 fully saturated rings. The molecule has 1 aromatic heterocycles. The summed E-state index contributed by atoms with van der Waals surface area (Å²) in [7, 11) is 0. The lowest BCUT2D eigenvalue weighted by Crippen LogP contribution is -2.16. The molecule has 0 bridgehead atoms. The number of aromatic nitrogens is 1. The SMILES string of the molecule is CC1(C)c2ccccc2-c2ccc(N(c3ccc(C4=CCCCC4)cc3)c3ccc(-c4ccc5c(c4)c4ccccc4n5-c4ccccc4)cc3)cc21. The zero-order chi connectivity index (χ0) is 35.5. The van der Waals surface area contributed by atoms with Gasteiger partial charge in [-0.3, -0.25) is 0 Å². The summed E-state index contributed by atoms with van der Waals surface area (Å²) < 4.78 is 2.38. The van der Waals surface area contributed by atoms with E-state index in [-0.39, 0.29) is 5.41 Å². The average molecular weight is 683 g/mol. The van der Waals surface area contributed by atoms with E-state index in [9.17, 15) is 0 Å². The Kier molecular flexibility index (Phi) is 7.47. The monoisotopic (exact) mass is 682 g/mol. The lowest BCUT2D eigenvalue weighted by molar-refractivity contribution is 0.660. The van der Waals surface area contributed by atoms with E-state index in [4.69, 9.17) is 0 Å². The first-order chi connectivity index (χ1) is 26.0. The summed E-state index contributed by atoms with van der Waals surface area (Å²) in [6, 6.07) is 60.7. The molecule has 8 aromatic rings. The molecule has 0 saturated heterocycles. The molecule has 7 aromatic carbocycles. The van der Waals surface area contributed by atoms with Gasteiger partial charge in [0.05, 0.1) is 11.0 Å². The molecule has 0 radical (unpaired) electrons. The van der Waals surface area contributed by atoms with Crippen molar-refractivity contribution in [1.29, 1.82) is 0 Å². The first-order valence-electron chi connectivity index (χ1n) is 19.1. The number of anilines is 3. The molecule has 2 aliphatic rings. The second kappa shape index (κ2) is 12.5. The molecule has 2 nitrogen and oxygen atoms in total. The van der Waals surface area contributed by atoms with Crippen LogP contribution in [0.1, 0.15) is 56.2 Å². The third-order valence-electron chi connectivity index (χ3n) is 11.8. The van der Waals surface area contributed by atoms with Gasteiger partial charge in [-0.1, -0.05) is 117 Å². The van der Waals surface area contributed by atoms with Gasteiger partial charge < -0.3 is 9.47 Å². The number of fused-ring (bicyclic) bond motifs is 6. The van der Waals surface area contributed by atoms with Crippen LogP contribution in [0.3, 0.4) is 0 Å². The van der Waals surface area contributed by atoms with E-state index in [1.807, 2.05) is 0 Å². The summed E-state index contributed by atoms with van der Waals surface area (Å²) in [6.45, 7) is 4.72. The Morgan fingerprint density at radius 3 is 1.91 bits per heavy atom. The van der Waals surface area contributed by atoms with Crippen molar-refractivity contribution in [3.63, 3.8) is 0 Å². The van der Waals surface area contributed by atoms with Gasteiger partial charge in [-0.15, -0.1) is 0 Å². The van der Waals surface area contributed by atoms with E-state index in [2.05, 4.69) is 193 Å². The zero-order valence-electron chi connectivity index (χ0n) is 30.4. The van der Waals surface area contributed by atoms with Gasteiger partial charge in [0.25, 0.3) is 0 Å². The van der Waals surface area contributed by atoms with E-state index in [1.54, 1.807) is 0 Å². The van der Waals surface area contributed by atoms with Gasteiger partial charge in [-0.2, -0.15) is 0 Å². The van der Waals surface area contributed by atoms with Crippen LogP contribution in [0.25, 0.3) is 55.3 Å². The van der Waals surface area contributed by atoms with Crippen LogP contribution < -0.4 is 4.90 Å². The van der Waals surface area contributed by atoms with Gasteiger partial charge in [0.2, 0.25) is 0 Å². The number of allylic oxidation sites excluding steroid dienone is 2. The van der Waals surface area contributed by atoms with E-state index < -0.39 is 0 Å². The van der Waals surface area contributed by atoms with Crippen molar-refractivity contribution < 1.29 is 0 Å². The molecule has 0 atom stereocenters. The lowest BCUT2D eigenvalue weighted by atomic mass is 9.82. The van der Waals surface area contributed by atoms with Crippen molar-refractivity contribution in [2.24, 2.45) is 0 Å². The molecule has 53 heavy (non-hydrogen) atoms. The minimum absolute atomic E-state index is 0.0724. The summed E-state index contributed by atoms with van der Waals surface area (Å²) in [5.41, 5.74) is 17.8. The second-order valence-electron chi connectivity index (χ2n) is 15.2. The number of hydrogen-bond acceptors (Lipinski definition) is 1. The Morgan fingerprint density at radius 1 is 0.491 bits per heavy atom. The number of rotatable bonds is 6. The highest BCUT2D eigenvalue weighted by Gasteiger charge is 2.35. The van der Waals surface area contributed by atoms with E-state index >= 15 is 0 Å². The normalized spacial score (nSPS) is 14.6. The molecule has 256 valence electrons. The highest BCUT2D eigenvalue weighted by atomic mass is 15.1. The van der Waals surface area contributed by atoms with Crippen LogP contribution in [0.2, 0.25) is 0 Å². The predicted molar refractivity (Wildman–Crippen MR) is 225 cm³/mol. The van der Waals surface area contributed by atoms with E-state index in [1.165, 1.54) is 109 Å². The Bertz CT molecular complexity index is 2670. The number of para-hydroxylation sites is 2. The second-order valence-corrected chi connectivity index (χ2v) is 15.2. The summed E-state index contributed by atoms with van der Waals surface area (Å²) in [6.07, 6.45) is 7.37. The van der Waals surface area contributed by atoms with Crippen LogP contribution in [0.15, 0.2) is 170 Å². The fourth-order valence-electron chi connectivity index (χ4n) is 9.01. The lowest BCUT2D eigenvalue weighted by Gasteiger charge is -2.28. The molecule has 2 heteroatoms. The maximum Gasteiger partial charge on any atom is 0.0541 e. The summed E-state index contributed by atoms with van der Waals surface area (Å²) in [4.78, 5) is 2.43. The number of nitrogens with zero attached hydrogens (tertiary/aromatic N) is 2. The average Bonchev–Trinajstić information content (AvgIpc) is 3.67. The highest BCUT2D eigenvalue weighted by molar-refractivity contribution is 6.10. The van der Waals surface area contributed by atoms with Crippen molar-refractivity contribution >= 4 is 44.4 Å². The molecule has 10 rings (SSSR count). The maximum atomic E-state index is 2.44. The molecule has 0 saturated carbocycles. The molecule has 0 aliphatic heterocycles. The van der Waals surface area contributed by atoms with E-state index in [0.29, 0.717) is 0 Å². The van der Waals surface area contributed by atoms with Gasteiger partial charge >= 0.3 is 0 Å². The van der Waals surface area contributed by atoms with Crippen molar-refractivity contribution in [3.05, 3.63) is 187 Å². The quantitative estimate of drug-likeness (QED) is 0.169. The topological polar surface area (TPSA) is 8.17 Å². The summed E-state index contributed by atoms with van der Waals surface area (Å²) in [5, 5.41) is 2.53. The smallest absolute Gasteiger partial charge is 0.0541 e. The highest BCUT2D eigenvalue weighted by Crippen LogP contribution is 2.50. The molecule has 2 aliphatic carbocycles. The zero-order valence-corrected chi connectivity index (χ0v) is 30.4. The molecule has 0 amide bonds. The fourth-order valence-corrected chi connectivity index (χ4v) is 9.01. The van der Waals surface area contributed by atoms with Crippen LogP contribution in [0, 0.1) is 0 Å².